The van der Waals surface area contributed by atoms with Crippen LogP contribution in [0.4, 0.5) is 22.7 Å². The second kappa shape index (κ2) is 11.4. The number of carbonyl (C=O) groups is 2. The van der Waals surface area contributed by atoms with Gasteiger partial charge in [0.1, 0.15) is 12.3 Å². The summed E-state index contributed by atoms with van der Waals surface area (Å²) in [6, 6.07) is 51.5. The highest BCUT2D eigenvalue weighted by atomic mass is 16.2. The number of nitrogens with zero attached hydrogens (tertiary/aromatic N) is 2. The monoisotopic (exact) mass is 598 g/mol. The van der Waals surface area contributed by atoms with Gasteiger partial charge >= 0.3 is 0 Å². The Morgan fingerprint density at radius 3 is 1.13 bits per heavy atom. The van der Waals surface area contributed by atoms with Gasteiger partial charge in [0.05, 0.1) is 11.1 Å². The third-order valence-corrected chi connectivity index (χ3v) is 8.71. The van der Waals surface area contributed by atoms with Crippen molar-refractivity contribution in [3.8, 4) is 11.1 Å². The van der Waals surface area contributed by atoms with Crippen LogP contribution in [0.1, 0.15) is 44.2 Å². The van der Waals surface area contributed by atoms with Gasteiger partial charge in [0.2, 0.25) is 0 Å². The first-order valence-corrected chi connectivity index (χ1v) is 15.3. The molecule has 0 fully saturated rings. The molecule has 0 aliphatic carbocycles. The number of hydrogen-bond donors (Lipinski definition) is 2. The lowest BCUT2D eigenvalue weighted by atomic mass is 9.97. The van der Waals surface area contributed by atoms with Crippen molar-refractivity contribution in [1.82, 2.24) is 0 Å². The number of anilines is 4. The standard InChI is InChI=1S/C40H30N4O2/c45-39-33-15-7-9-17-35(33)41-37(43(39)31-11-3-1-4-12-31)29-23-19-27(20-24-29)28-21-25-30(26-22-28)38-42-36-18-10-8-16-34(36)40(46)44(38)32-13-5-2-6-14-32/h1-26,37-38,41-42H. The second-order valence-electron chi connectivity index (χ2n) is 11.5. The Morgan fingerprint density at radius 1 is 0.391 bits per heavy atom. The van der Waals surface area contributed by atoms with E-state index in [0.717, 1.165) is 45.0 Å². The lowest BCUT2D eigenvalue weighted by Gasteiger charge is -2.38. The molecular formula is C40H30N4O2. The van der Waals surface area contributed by atoms with Crippen LogP contribution in [0.2, 0.25) is 0 Å². The molecule has 2 aliphatic rings. The fourth-order valence-electron chi connectivity index (χ4n) is 6.40. The highest BCUT2D eigenvalue weighted by Crippen LogP contribution is 2.39. The number of amides is 2. The molecule has 6 aromatic carbocycles. The smallest absolute Gasteiger partial charge is 0.262 e. The average Bonchev–Trinajstić information content (AvgIpc) is 3.12. The Hall–Kier alpha value is -6.14. The van der Waals surface area contributed by atoms with E-state index in [4.69, 9.17) is 0 Å². The molecule has 46 heavy (non-hydrogen) atoms. The second-order valence-corrected chi connectivity index (χ2v) is 11.5. The number of nitrogens with one attached hydrogen (secondary N) is 2. The highest BCUT2D eigenvalue weighted by molar-refractivity contribution is 6.13. The van der Waals surface area contributed by atoms with Crippen molar-refractivity contribution in [3.63, 3.8) is 0 Å². The van der Waals surface area contributed by atoms with Gasteiger partial charge in [0.25, 0.3) is 11.8 Å². The van der Waals surface area contributed by atoms with E-state index in [2.05, 4.69) is 59.2 Å². The van der Waals surface area contributed by atoms with Crippen molar-refractivity contribution in [3.05, 3.63) is 180 Å². The van der Waals surface area contributed by atoms with Crippen LogP contribution in [0.15, 0.2) is 158 Å². The molecular weight excluding hydrogens is 568 g/mol. The average molecular weight is 599 g/mol. The SMILES string of the molecule is O=C1c2ccccc2NC(c2ccc(-c3ccc(C4Nc5ccccc5C(=O)N4c4ccccc4)cc3)cc2)N1c1ccccc1. The Bertz CT molecular complexity index is 1890. The van der Waals surface area contributed by atoms with Crippen LogP contribution in [0.5, 0.6) is 0 Å². The molecule has 222 valence electrons. The topological polar surface area (TPSA) is 64.7 Å². The van der Waals surface area contributed by atoms with Crippen LogP contribution in [0, 0.1) is 0 Å². The van der Waals surface area contributed by atoms with Crippen molar-refractivity contribution >= 4 is 34.6 Å². The van der Waals surface area contributed by atoms with Gasteiger partial charge in [-0.3, -0.25) is 19.4 Å². The van der Waals surface area contributed by atoms with Crippen LogP contribution in [0.3, 0.4) is 0 Å². The van der Waals surface area contributed by atoms with Crippen molar-refractivity contribution in [1.29, 1.82) is 0 Å². The fraction of sp³-hybridized carbons (Fsp3) is 0.0500. The number of benzene rings is 6. The molecule has 2 amide bonds. The first-order chi connectivity index (χ1) is 22.7. The molecule has 0 saturated carbocycles. The summed E-state index contributed by atoms with van der Waals surface area (Å²) in [6.07, 6.45) is -0.717. The fourth-order valence-corrected chi connectivity index (χ4v) is 6.40. The molecule has 0 saturated heterocycles. The van der Waals surface area contributed by atoms with Crippen LogP contribution in [-0.4, -0.2) is 11.8 Å². The minimum absolute atomic E-state index is 0.0350. The lowest BCUT2D eigenvalue weighted by Crippen LogP contribution is -2.43. The van der Waals surface area contributed by atoms with Gasteiger partial charge in [-0.2, -0.15) is 0 Å². The van der Waals surface area contributed by atoms with E-state index in [1.54, 1.807) is 0 Å². The summed E-state index contributed by atoms with van der Waals surface area (Å²) >= 11 is 0. The van der Waals surface area contributed by atoms with E-state index in [-0.39, 0.29) is 24.1 Å². The van der Waals surface area contributed by atoms with Crippen LogP contribution in [-0.2, 0) is 0 Å². The number of para-hydroxylation sites is 4. The number of rotatable bonds is 5. The molecule has 2 N–H and O–H groups in total. The molecule has 2 heterocycles. The third kappa shape index (κ3) is 4.77. The van der Waals surface area contributed by atoms with Gasteiger partial charge < -0.3 is 10.6 Å². The first-order valence-electron chi connectivity index (χ1n) is 15.3. The van der Waals surface area contributed by atoms with E-state index < -0.39 is 0 Å². The minimum Gasteiger partial charge on any atom is -0.360 e. The maximum Gasteiger partial charge on any atom is 0.262 e. The molecule has 0 spiro atoms. The van der Waals surface area contributed by atoms with Gasteiger partial charge in [0, 0.05) is 22.7 Å². The maximum atomic E-state index is 13.7. The minimum atomic E-state index is -0.358. The van der Waals surface area contributed by atoms with Crippen LogP contribution < -0.4 is 20.4 Å². The molecule has 6 aromatic rings. The summed E-state index contributed by atoms with van der Waals surface area (Å²) in [5.41, 5.74) is 8.71. The number of fused-ring (bicyclic) bond motifs is 2. The quantitative estimate of drug-likeness (QED) is 0.208. The van der Waals surface area contributed by atoms with Gasteiger partial charge in [0.15, 0.2) is 0 Å². The van der Waals surface area contributed by atoms with Crippen molar-refractivity contribution in [2.75, 3.05) is 20.4 Å². The summed E-state index contributed by atoms with van der Waals surface area (Å²) in [5, 5.41) is 7.18. The summed E-state index contributed by atoms with van der Waals surface area (Å²) < 4.78 is 0. The molecule has 2 atom stereocenters. The van der Waals surface area contributed by atoms with Crippen LogP contribution in [0.25, 0.3) is 11.1 Å². The lowest BCUT2D eigenvalue weighted by molar-refractivity contribution is 0.0967. The van der Waals surface area contributed by atoms with Gasteiger partial charge in [-0.25, -0.2) is 0 Å². The Morgan fingerprint density at radius 2 is 0.739 bits per heavy atom. The van der Waals surface area contributed by atoms with Gasteiger partial charge in [-0.15, -0.1) is 0 Å². The molecule has 6 heteroatoms. The van der Waals surface area contributed by atoms with E-state index in [1.807, 2.05) is 119 Å². The Balaban J connectivity index is 1.09. The predicted octanol–water partition coefficient (Wildman–Crippen LogP) is 8.90. The zero-order valence-electron chi connectivity index (χ0n) is 24.9. The molecule has 6 nitrogen and oxygen atoms in total. The molecule has 0 bridgehead atoms. The van der Waals surface area contributed by atoms with E-state index in [0.29, 0.717) is 11.1 Å². The summed E-state index contributed by atoms with van der Waals surface area (Å²) in [5.74, 6) is -0.0700. The van der Waals surface area contributed by atoms with Gasteiger partial charge in [-0.1, -0.05) is 109 Å². The molecule has 8 rings (SSSR count). The van der Waals surface area contributed by atoms with Gasteiger partial charge in [-0.05, 0) is 70.8 Å². The zero-order chi connectivity index (χ0) is 31.0. The largest absolute Gasteiger partial charge is 0.360 e. The number of hydrogen-bond acceptors (Lipinski definition) is 4. The predicted molar refractivity (Wildman–Crippen MR) is 184 cm³/mol. The van der Waals surface area contributed by atoms with Crippen molar-refractivity contribution < 1.29 is 9.59 Å². The van der Waals surface area contributed by atoms with Crippen molar-refractivity contribution in [2.45, 2.75) is 12.3 Å². The maximum absolute atomic E-state index is 13.7. The third-order valence-electron chi connectivity index (χ3n) is 8.71. The molecule has 2 aliphatic heterocycles. The van der Waals surface area contributed by atoms with Crippen molar-refractivity contribution in [2.24, 2.45) is 0 Å². The molecule has 0 aromatic heterocycles. The first kappa shape index (κ1) is 27.4. The molecule has 0 radical (unpaired) electrons. The van der Waals surface area contributed by atoms with Crippen LogP contribution >= 0.6 is 0 Å². The van der Waals surface area contributed by atoms with E-state index in [1.165, 1.54) is 0 Å². The Labute approximate surface area is 267 Å². The Kier molecular flexibility index (Phi) is 6.80. The zero-order valence-corrected chi connectivity index (χ0v) is 24.9. The normalized spacial score (nSPS) is 17.0. The summed E-state index contributed by atoms with van der Waals surface area (Å²) in [7, 11) is 0. The highest BCUT2D eigenvalue weighted by Gasteiger charge is 2.35. The summed E-state index contributed by atoms with van der Waals surface area (Å²) in [6.45, 7) is 0. The van der Waals surface area contributed by atoms with E-state index in [9.17, 15) is 9.59 Å². The molecule has 2 unspecified atom stereocenters. The number of carbonyl (C=O) groups excluding carboxylic acids is 2. The van der Waals surface area contributed by atoms with E-state index >= 15 is 0 Å². The summed E-state index contributed by atoms with van der Waals surface area (Å²) in [4.78, 5) is 31.1.